The van der Waals surface area contributed by atoms with Gasteiger partial charge in [0.2, 0.25) is 0 Å². The predicted molar refractivity (Wildman–Crippen MR) is 114 cm³/mol. The average molecular weight is 458 g/mol. The maximum atomic E-state index is 6.01. The molecule has 0 aliphatic carbocycles. The summed E-state index contributed by atoms with van der Waals surface area (Å²) in [5.41, 5.74) is 1.39. The Labute approximate surface area is 161 Å². The van der Waals surface area contributed by atoms with Gasteiger partial charge in [0.25, 0.3) is 0 Å². The molecule has 3 nitrogen and oxygen atoms in total. The first-order chi connectivity index (χ1) is 11.8. The fourth-order valence-corrected chi connectivity index (χ4v) is 4.32. The molecule has 0 radical (unpaired) electrons. The van der Waals surface area contributed by atoms with Gasteiger partial charge in [0.05, 0.1) is 12.6 Å². The Morgan fingerprint density at radius 1 is 1.17 bits per heavy atom. The maximum absolute atomic E-state index is 6.01. The largest absolute Gasteiger partial charge is 0.346 e. The Hall–Kier alpha value is -0.260. The van der Waals surface area contributed by atoms with E-state index in [1.807, 2.05) is 6.92 Å². The van der Waals surface area contributed by atoms with Crippen molar-refractivity contribution in [3.8, 4) is 0 Å². The Bertz CT molecular complexity index is 509. The molecule has 24 heavy (non-hydrogen) atoms. The quantitative estimate of drug-likeness (QED) is 0.320. The van der Waals surface area contributed by atoms with Crippen molar-refractivity contribution in [3.63, 3.8) is 0 Å². The van der Waals surface area contributed by atoms with E-state index in [4.69, 9.17) is 4.52 Å². The number of rotatable bonds is 8. The van der Waals surface area contributed by atoms with Crippen LogP contribution in [0.2, 0.25) is 0 Å². The third-order valence-corrected chi connectivity index (χ3v) is 5.35. The van der Waals surface area contributed by atoms with Gasteiger partial charge in [0.15, 0.2) is 0 Å². The number of hydrogen-bond donors (Lipinski definition) is 0. The highest BCUT2D eigenvalue weighted by Crippen LogP contribution is 2.26. The molecule has 1 aromatic carbocycles. The molecular formula is C19H28IN2OP. The molecule has 1 aliphatic heterocycles. The lowest BCUT2D eigenvalue weighted by Crippen LogP contribution is -2.34. The van der Waals surface area contributed by atoms with Crippen molar-refractivity contribution in [2.75, 3.05) is 32.7 Å². The normalized spacial score (nSPS) is 21.3. The summed E-state index contributed by atoms with van der Waals surface area (Å²) in [6.07, 6.45) is 9.96. The van der Waals surface area contributed by atoms with Gasteiger partial charge in [-0.1, -0.05) is 54.6 Å². The summed E-state index contributed by atoms with van der Waals surface area (Å²) in [6, 6.07) is 10.8. The first kappa shape index (κ1) is 20.1. The molecule has 1 heterocycles. The van der Waals surface area contributed by atoms with Gasteiger partial charge in [-0.05, 0) is 40.9 Å². The van der Waals surface area contributed by atoms with Crippen LogP contribution in [0.1, 0.15) is 18.9 Å². The lowest BCUT2D eigenvalue weighted by molar-refractivity contribution is 0.149. The van der Waals surface area contributed by atoms with Crippen molar-refractivity contribution in [3.05, 3.63) is 60.2 Å². The summed E-state index contributed by atoms with van der Waals surface area (Å²) < 4.78 is 6.01. The molecule has 5 heteroatoms. The van der Waals surface area contributed by atoms with E-state index in [1.165, 1.54) is 5.56 Å². The van der Waals surface area contributed by atoms with Crippen LogP contribution in [0.4, 0.5) is 0 Å². The second kappa shape index (κ2) is 12.2. The van der Waals surface area contributed by atoms with Crippen molar-refractivity contribution >= 4 is 28.5 Å². The fourth-order valence-electron chi connectivity index (χ4n) is 2.97. The minimum atomic E-state index is 0.311. The number of halogens is 1. The molecule has 0 bridgehead atoms. The SMILES string of the molecule is C/C=C\C=C/CCN1CCN(Cc2ccccc2)CC(OPI)C1. The zero-order chi connectivity index (χ0) is 17.0. The maximum Gasteiger partial charge on any atom is 0.0878 e. The summed E-state index contributed by atoms with van der Waals surface area (Å²) in [4.78, 5) is 5.08. The molecule has 1 fully saturated rings. The lowest BCUT2D eigenvalue weighted by atomic mass is 10.2. The Kier molecular flexibility index (Phi) is 10.2. The van der Waals surface area contributed by atoms with Gasteiger partial charge in [0.1, 0.15) is 0 Å². The highest BCUT2D eigenvalue weighted by atomic mass is 127. The molecule has 0 spiro atoms. The van der Waals surface area contributed by atoms with Crippen molar-refractivity contribution in [2.24, 2.45) is 0 Å². The number of nitrogens with zero attached hydrogens (tertiary/aromatic N) is 2. The number of benzene rings is 1. The van der Waals surface area contributed by atoms with Gasteiger partial charge in [-0.25, -0.2) is 0 Å². The molecule has 1 aromatic rings. The predicted octanol–water partition coefficient (Wildman–Crippen LogP) is 4.66. The standard InChI is InChI=1S/C19H28IN2OP/c1-2-3-4-5-9-12-21-13-14-22(17-19(16-21)23-24-20)15-18-10-7-6-8-11-18/h2-8,10-11,19,24H,9,12-17H2,1H3/b3-2-,5-4-. The molecule has 2 rings (SSSR count). The third kappa shape index (κ3) is 7.75. The van der Waals surface area contributed by atoms with Crippen LogP contribution in [0.15, 0.2) is 54.6 Å². The van der Waals surface area contributed by atoms with Gasteiger partial charge < -0.3 is 4.52 Å². The zero-order valence-electron chi connectivity index (χ0n) is 14.4. The van der Waals surface area contributed by atoms with Crippen LogP contribution in [-0.2, 0) is 11.1 Å². The van der Waals surface area contributed by atoms with E-state index in [0.717, 1.165) is 45.7 Å². The van der Waals surface area contributed by atoms with E-state index in [-0.39, 0.29) is 0 Å². The molecule has 2 atom stereocenters. The topological polar surface area (TPSA) is 15.7 Å². The molecular weight excluding hydrogens is 430 g/mol. The van der Waals surface area contributed by atoms with Crippen LogP contribution in [0, 0.1) is 0 Å². The van der Waals surface area contributed by atoms with Gasteiger partial charge in [-0.3, -0.25) is 9.80 Å². The molecule has 132 valence electrons. The van der Waals surface area contributed by atoms with Gasteiger partial charge in [-0.2, -0.15) is 0 Å². The minimum absolute atomic E-state index is 0.311. The molecule has 0 N–H and O–H groups in total. The molecule has 2 unspecified atom stereocenters. The van der Waals surface area contributed by atoms with Crippen LogP contribution in [0.25, 0.3) is 0 Å². The highest BCUT2D eigenvalue weighted by molar-refractivity contribution is 14.2. The van der Waals surface area contributed by atoms with Crippen molar-refractivity contribution in [1.29, 1.82) is 0 Å². The van der Waals surface area contributed by atoms with Crippen molar-refractivity contribution in [2.45, 2.75) is 26.0 Å². The highest BCUT2D eigenvalue weighted by Gasteiger charge is 2.23. The van der Waals surface area contributed by atoms with Crippen LogP contribution >= 0.6 is 28.5 Å². The van der Waals surface area contributed by atoms with Crippen molar-refractivity contribution in [1.82, 2.24) is 9.80 Å². The molecule has 0 amide bonds. The van der Waals surface area contributed by atoms with Gasteiger partial charge in [-0.15, -0.1) is 0 Å². The second-order valence-electron chi connectivity index (χ2n) is 6.08. The van der Waals surface area contributed by atoms with E-state index in [0.29, 0.717) is 12.6 Å². The van der Waals surface area contributed by atoms with Gasteiger partial charge >= 0.3 is 0 Å². The lowest BCUT2D eigenvalue weighted by Gasteiger charge is -2.23. The number of allylic oxidation sites excluding steroid dienone is 3. The van der Waals surface area contributed by atoms with E-state index in [1.54, 1.807) is 0 Å². The minimum Gasteiger partial charge on any atom is -0.346 e. The summed E-state index contributed by atoms with van der Waals surface area (Å²) in [6.45, 7) is 8.99. The first-order valence-electron chi connectivity index (χ1n) is 8.59. The second-order valence-corrected chi connectivity index (χ2v) is 7.79. The summed E-state index contributed by atoms with van der Waals surface area (Å²) in [7, 11) is 0. The van der Waals surface area contributed by atoms with E-state index >= 15 is 0 Å². The molecule has 0 aromatic heterocycles. The average Bonchev–Trinajstić information content (AvgIpc) is 2.78. The van der Waals surface area contributed by atoms with Crippen LogP contribution in [0.3, 0.4) is 0 Å². The third-order valence-electron chi connectivity index (χ3n) is 4.17. The van der Waals surface area contributed by atoms with E-state index in [2.05, 4.69) is 86.5 Å². The summed E-state index contributed by atoms with van der Waals surface area (Å²) in [5, 5.41) is 0. The molecule has 1 saturated heterocycles. The van der Waals surface area contributed by atoms with Crippen LogP contribution in [-0.4, -0.2) is 48.6 Å². The fraction of sp³-hybridized carbons (Fsp3) is 0.474. The zero-order valence-corrected chi connectivity index (χ0v) is 17.6. The molecule has 0 saturated carbocycles. The van der Waals surface area contributed by atoms with Crippen molar-refractivity contribution < 1.29 is 4.52 Å². The molecule has 1 aliphatic rings. The van der Waals surface area contributed by atoms with Crippen LogP contribution in [0.5, 0.6) is 0 Å². The monoisotopic (exact) mass is 458 g/mol. The van der Waals surface area contributed by atoms with E-state index in [9.17, 15) is 0 Å². The number of hydrogen-bond acceptors (Lipinski definition) is 3. The van der Waals surface area contributed by atoms with Gasteiger partial charge in [0, 0.05) is 39.3 Å². The van der Waals surface area contributed by atoms with Crippen LogP contribution < -0.4 is 0 Å². The Morgan fingerprint density at radius 3 is 2.67 bits per heavy atom. The summed E-state index contributed by atoms with van der Waals surface area (Å²) >= 11 is 2.33. The van der Waals surface area contributed by atoms with E-state index < -0.39 is 0 Å². The first-order valence-corrected chi connectivity index (χ1v) is 12.6. The Morgan fingerprint density at radius 2 is 1.92 bits per heavy atom. The smallest absolute Gasteiger partial charge is 0.0878 e. The Balaban J connectivity index is 1.88. The summed E-state index contributed by atoms with van der Waals surface area (Å²) in [5.74, 6) is 0.